The molecule has 39 heavy (non-hydrogen) atoms. The number of nitrogens with zero attached hydrogens (tertiary/aromatic N) is 1. The summed E-state index contributed by atoms with van der Waals surface area (Å²) in [5, 5.41) is 6.43. The fourth-order valence-corrected chi connectivity index (χ4v) is 4.16. The van der Waals surface area contributed by atoms with Crippen LogP contribution >= 0.6 is 0 Å². The summed E-state index contributed by atoms with van der Waals surface area (Å²) in [6, 6.07) is 3.26. The average Bonchev–Trinajstić information content (AvgIpc) is 2.86. The molecule has 0 aliphatic rings. The van der Waals surface area contributed by atoms with E-state index >= 15 is 0 Å². The second-order valence-corrected chi connectivity index (χ2v) is 11.7. The highest BCUT2D eigenvalue weighted by atomic mass is 16.5. The van der Waals surface area contributed by atoms with Gasteiger partial charge < -0.3 is 20.1 Å². The van der Waals surface area contributed by atoms with Crippen molar-refractivity contribution in [1.82, 2.24) is 15.6 Å². The van der Waals surface area contributed by atoms with E-state index in [0.29, 0.717) is 24.6 Å². The van der Waals surface area contributed by atoms with Gasteiger partial charge in [-0.3, -0.25) is 19.4 Å². The fraction of sp³-hybridized carbons (Fsp3) is 0.742. The van der Waals surface area contributed by atoms with Gasteiger partial charge in [-0.2, -0.15) is 0 Å². The Morgan fingerprint density at radius 3 is 2.26 bits per heavy atom. The van der Waals surface area contributed by atoms with Crippen LogP contribution < -0.4 is 10.6 Å². The maximum absolute atomic E-state index is 12.9. The first-order valence-corrected chi connectivity index (χ1v) is 14.6. The van der Waals surface area contributed by atoms with Crippen molar-refractivity contribution >= 4 is 17.5 Å². The Hall–Kier alpha value is -2.16. The Morgan fingerprint density at radius 1 is 0.949 bits per heavy atom. The third-order valence-electron chi connectivity index (χ3n) is 6.62. The van der Waals surface area contributed by atoms with Gasteiger partial charge in [0, 0.05) is 36.6 Å². The Balaban J connectivity index is 2.27. The van der Waals surface area contributed by atoms with Gasteiger partial charge in [0.1, 0.15) is 18.1 Å². The van der Waals surface area contributed by atoms with E-state index < -0.39 is 5.41 Å². The normalized spacial score (nSPS) is 12.6. The maximum Gasteiger partial charge on any atom is 0.270 e. The zero-order valence-electron chi connectivity index (χ0n) is 25.4. The number of ketones is 2. The second-order valence-electron chi connectivity index (χ2n) is 11.7. The summed E-state index contributed by atoms with van der Waals surface area (Å²) in [6.45, 7) is 16.8. The first-order valence-electron chi connectivity index (χ1n) is 14.6. The summed E-state index contributed by atoms with van der Waals surface area (Å²) in [6.07, 6.45) is 8.19. The van der Waals surface area contributed by atoms with Crippen molar-refractivity contribution in [2.45, 2.75) is 112 Å². The van der Waals surface area contributed by atoms with E-state index in [9.17, 15) is 14.4 Å². The van der Waals surface area contributed by atoms with Crippen molar-refractivity contribution in [3.8, 4) is 0 Å². The SMILES string of the molecule is CC(CC(C)(C)C(=O)CCCCCNCCCCOC(C)C)NC(=O)c1ccc(COCC(=O)C(C)C)cn1. The topological polar surface area (TPSA) is 107 Å². The predicted octanol–water partition coefficient (Wildman–Crippen LogP) is 5.28. The summed E-state index contributed by atoms with van der Waals surface area (Å²) >= 11 is 0. The third kappa shape index (κ3) is 15.9. The Kier molecular flexibility index (Phi) is 17.0. The van der Waals surface area contributed by atoms with Crippen molar-refractivity contribution in [2.24, 2.45) is 11.3 Å². The van der Waals surface area contributed by atoms with Crippen molar-refractivity contribution in [1.29, 1.82) is 0 Å². The molecule has 1 rings (SSSR count). The molecule has 0 bridgehead atoms. The molecule has 8 heteroatoms. The lowest BCUT2D eigenvalue weighted by molar-refractivity contribution is -0.128. The molecule has 1 atom stereocenters. The van der Waals surface area contributed by atoms with Crippen LogP contribution in [-0.2, 0) is 25.7 Å². The van der Waals surface area contributed by atoms with Crippen LogP contribution in [0.2, 0.25) is 0 Å². The number of unbranched alkanes of at least 4 members (excludes halogenated alkanes) is 3. The molecule has 0 aliphatic heterocycles. The zero-order chi connectivity index (χ0) is 29.3. The van der Waals surface area contributed by atoms with Crippen LogP contribution in [0.25, 0.3) is 0 Å². The van der Waals surface area contributed by atoms with Crippen molar-refractivity contribution in [2.75, 3.05) is 26.3 Å². The highest BCUT2D eigenvalue weighted by Crippen LogP contribution is 2.26. The van der Waals surface area contributed by atoms with Gasteiger partial charge in [-0.25, -0.2) is 0 Å². The number of carbonyl (C=O) groups is 3. The highest BCUT2D eigenvalue weighted by Gasteiger charge is 2.29. The van der Waals surface area contributed by atoms with Crippen LogP contribution in [0.3, 0.4) is 0 Å². The van der Waals surface area contributed by atoms with Gasteiger partial charge in [-0.05, 0) is 77.6 Å². The van der Waals surface area contributed by atoms with Gasteiger partial charge >= 0.3 is 0 Å². The Labute approximate surface area is 236 Å². The molecule has 8 nitrogen and oxygen atoms in total. The molecule has 0 saturated carbocycles. The Morgan fingerprint density at radius 2 is 1.64 bits per heavy atom. The maximum atomic E-state index is 12.9. The molecule has 0 spiro atoms. The molecule has 1 unspecified atom stereocenters. The summed E-state index contributed by atoms with van der Waals surface area (Å²) in [5.41, 5.74) is 0.599. The average molecular weight is 548 g/mol. The van der Waals surface area contributed by atoms with Gasteiger partial charge in [0.15, 0.2) is 5.78 Å². The monoisotopic (exact) mass is 547 g/mol. The minimum Gasteiger partial charge on any atom is -0.379 e. The number of amides is 1. The van der Waals surface area contributed by atoms with E-state index in [1.165, 1.54) is 0 Å². The van der Waals surface area contributed by atoms with Gasteiger partial charge in [0.05, 0.1) is 12.7 Å². The van der Waals surface area contributed by atoms with Crippen molar-refractivity contribution < 1.29 is 23.9 Å². The molecule has 0 fully saturated rings. The number of aromatic nitrogens is 1. The van der Waals surface area contributed by atoms with E-state index in [4.69, 9.17) is 9.47 Å². The molecular weight excluding hydrogens is 494 g/mol. The first kappa shape index (κ1) is 34.9. The minimum absolute atomic E-state index is 0.0526. The largest absolute Gasteiger partial charge is 0.379 e. The molecular formula is C31H53N3O5. The lowest BCUT2D eigenvalue weighted by atomic mass is 9.80. The molecule has 0 saturated heterocycles. The van der Waals surface area contributed by atoms with Gasteiger partial charge in [-0.15, -0.1) is 0 Å². The van der Waals surface area contributed by atoms with Crippen molar-refractivity contribution in [3.05, 3.63) is 29.6 Å². The van der Waals surface area contributed by atoms with Gasteiger partial charge in [0.2, 0.25) is 0 Å². The second kappa shape index (κ2) is 19.0. The molecule has 1 heterocycles. The number of Topliss-reactive ketones (excluding diaryl/α,β-unsaturated/α-hetero) is 2. The summed E-state index contributed by atoms with van der Waals surface area (Å²) < 4.78 is 11.0. The molecule has 0 radical (unpaired) electrons. The molecule has 222 valence electrons. The smallest absolute Gasteiger partial charge is 0.270 e. The minimum atomic E-state index is -0.509. The number of hydrogen-bond donors (Lipinski definition) is 2. The molecule has 0 aromatic carbocycles. The quantitative estimate of drug-likeness (QED) is 0.190. The van der Waals surface area contributed by atoms with Crippen LogP contribution in [0.5, 0.6) is 0 Å². The van der Waals surface area contributed by atoms with Gasteiger partial charge in [-0.1, -0.05) is 40.2 Å². The molecule has 1 aromatic heterocycles. The lowest BCUT2D eigenvalue weighted by Crippen LogP contribution is -2.38. The zero-order valence-corrected chi connectivity index (χ0v) is 25.4. The first-order chi connectivity index (χ1) is 18.4. The van der Waals surface area contributed by atoms with Crippen LogP contribution in [-0.4, -0.2) is 60.9 Å². The number of hydrogen-bond acceptors (Lipinski definition) is 7. The standard InChI is InChI=1S/C31H53N3O5/c1-23(2)28(35)22-38-21-26-14-15-27(33-20-26)30(37)34-25(5)19-31(6,7)29(36)13-9-8-10-16-32-17-11-12-18-39-24(3)4/h14-15,20,23-25,32H,8-13,16-19,21-22H2,1-7H3,(H,34,37). The van der Waals surface area contributed by atoms with E-state index in [-0.39, 0.29) is 42.6 Å². The summed E-state index contributed by atoms with van der Waals surface area (Å²) in [7, 11) is 0. The highest BCUT2D eigenvalue weighted by molar-refractivity contribution is 5.92. The molecule has 1 amide bonds. The number of nitrogens with one attached hydrogen (secondary N) is 2. The predicted molar refractivity (Wildman–Crippen MR) is 156 cm³/mol. The number of rotatable bonds is 22. The van der Waals surface area contributed by atoms with Crippen LogP contribution in [0.4, 0.5) is 0 Å². The number of ether oxygens (including phenoxy) is 2. The Bertz CT molecular complexity index is 852. The fourth-order valence-electron chi connectivity index (χ4n) is 4.16. The molecule has 0 aliphatic carbocycles. The lowest BCUT2D eigenvalue weighted by Gasteiger charge is -2.27. The third-order valence-corrected chi connectivity index (χ3v) is 6.62. The number of pyridine rings is 1. The molecule has 1 aromatic rings. The molecule has 2 N–H and O–H groups in total. The van der Waals surface area contributed by atoms with Crippen LogP contribution in [0, 0.1) is 11.3 Å². The van der Waals surface area contributed by atoms with Gasteiger partial charge in [0.25, 0.3) is 5.91 Å². The van der Waals surface area contributed by atoms with E-state index in [1.54, 1.807) is 18.3 Å². The van der Waals surface area contributed by atoms with E-state index in [1.807, 2.05) is 34.6 Å². The number of carbonyl (C=O) groups excluding carboxylic acids is 3. The van der Waals surface area contributed by atoms with Crippen LogP contribution in [0.15, 0.2) is 18.3 Å². The van der Waals surface area contributed by atoms with E-state index in [2.05, 4.69) is 29.5 Å². The summed E-state index contributed by atoms with van der Waals surface area (Å²) in [4.78, 5) is 41.4. The summed E-state index contributed by atoms with van der Waals surface area (Å²) in [5.74, 6) is -0.0373. The van der Waals surface area contributed by atoms with Crippen molar-refractivity contribution in [3.63, 3.8) is 0 Å². The van der Waals surface area contributed by atoms with E-state index in [0.717, 1.165) is 57.4 Å². The van der Waals surface area contributed by atoms with Crippen LogP contribution in [0.1, 0.15) is 109 Å².